The summed E-state index contributed by atoms with van der Waals surface area (Å²) in [7, 11) is -2.57. The van der Waals surface area contributed by atoms with Gasteiger partial charge in [-0.3, -0.25) is 0 Å². The van der Waals surface area contributed by atoms with Crippen LogP contribution in [0, 0.1) is 6.92 Å². The van der Waals surface area contributed by atoms with E-state index in [0.717, 1.165) is 0 Å². The van der Waals surface area contributed by atoms with Crippen molar-refractivity contribution in [3.8, 4) is 0 Å². The molecular formula is C13H19NO5S. The second-order valence-electron chi connectivity index (χ2n) is 4.38. The molecule has 0 fully saturated rings. The highest BCUT2D eigenvalue weighted by atomic mass is 32.2. The normalized spacial score (nSPS) is 13.0. The lowest BCUT2D eigenvalue weighted by Gasteiger charge is -2.16. The summed E-state index contributed by atoms with van der Waals surface area (Å²) in [6.45, 7) is 3.11. The van der Waals surface area contributed by atoms with Gasteiger partial charge in [0.2, 0.25) is 10.0 Å². The quantitative estimate of drug-likeness (QED) is 0.759. The van der Waals surface area contributed by atoms with Crippen LogP contribution in [0.15, 0.2) is 23.1 Å². The molecule has 6 nitrogen and oxygen atoms in total. The third-order valence-electron chi connectivity index (χ3n) is 2.93. The Morgan fingerprint density at radius 1 is 1.45 bits per heavy atom. The fraction of sp³-hybridized carbons (Fsp3) is 0.462. The highest BCUT2D eigenvalue weighted by Crippen LogP contribution is 2.18. The highest BCUT2D eigenvalue weighted by molar-refractivity contribution is 7.89. The van der Waals surface area contributed by atoms with Crippen LogP contribution in [0.1, 0.15) is 29.3 Å². The predicted octanol–water partition coefficient (Wildman–Crippen LogP) is 0.831. The number of methoxy groups -OCH3 is 1. The summed E-state index contributed by atoms with van der Waals surface area (Å²) in [5.41, 5.74) is 0.675. The molecule has 0 aliphatic rings. The summed E-state index contributed by atoms with van der Waals surface area (Å²) >= 11 is 0. The minimum absolute atomic E-state index is 0.00676. The lowest BCUT2D eigenvalue weighted by Crippen LogP contribution is -2.37. The molecule has 7 heteroatoms. The minimum atomic E-state index is -3.80. The van der Waals surface area contributed by atoms with Gasteiger partial charge in [0.1, 0.15) is 0 Å². The lowest BCUT2D eigenvalue weighted by molar-refractivity contribution is 0.0600. The van der Waals surface area contributed by atoms with Crippen molar-refractivity contribution in [2.45, 2.75) is 31.2 Å². The van der Waals surface area contributed by atoms with Gasteiger partial charge in [0.05, 0.1) is 24.2 Å². The van der Waals surface area contributed by atoms with Gasteiger partial charge in [-0.25, -0.2) is 17.9 Å². The number of aliphatic hydroxyl groups excluding tert-OH is 1. The second-order valence-corrected chi connectivity index (χ2v) is 6.06. The summed E-state index contributed by atoms with van der Waals surface area (Å²) in [6, 6.07) is 3.76. The summed E-state index contributed by atoms with van der Waals surface area (Å²) in [5.74, 6) is -0.601. The number of aryl methyl sites for hydroxylation is 1. The molecule has 0 saturated heterocycles. The highest BCUT2D eigenvalue weighted by Gasteiger charge is 2.22. The molecule has 0 bridgehead atoms. The van der Waals surface area contributed by atoms with Crippen LogP contribution < -0.4 is 4.72 Å². The van der Waals surface area contributed by atoms with Crippen molar-refractivity contribution < 1.29 is 23.1 Å². The first-order valence-corrected chi connectivity index (χ1v) is 7.66. The zero-order chi connectivity index (χ0) is 15.3. The average molecular weight is 301 g/mol. The van der Waals surface area contributed by atoms with E-state index in [1.54, 1.807) is 19.9 Å². The van der Waals surface area contributed by atoms with Crippen LogP contribution in [0.5, 0.6) is 0 Å². The van der Waals surface area contributed by atoms with Gasteiger partial charge in [-0.05, 0) is 31.0 Å². The zero-order valence-electron chi connectivity index (χ0n) is 11.7. The number of carbonyl (C=O) groups excluding carboxylic acids is 1. The van der Waals surface area contributed by atoms with E-state index >= 15 is 0 Å². The van der Waals surface area contributed by atoms with E-state index in [1.165, 1.54) is 19.2 Å². The Balaban J connectivity index is 3.20. The van der Waals surface area contributed by atoms with E-state index in [1.807, 2.05) is 0 Å². The topological polar surface area (TPSA) is 92.7 Å². The Hall–Kier alpha value is -1.44. The molecule has 0 aliphatic heterocycles. The van der Waals surface area contributed by atoms with E-state index in [2.05, 4.69) is 9.46 Å². The van der Waals surface area contributed by atoms with Crippen LogP contribution in [-0.2, 0) is 14.8 Å². The maximum absolute atomic E-state index is 12.3. The van der Waals surface area contributed by atoms with E-state index < -0.39 is 22.0 Å². The third-order valence-corrected chi connectivity index (χ3v) is 4.60. The lowest BCUT2D eigenvalue weighted by atomic mass is 10.1. The number of benzene rings is 1. The maximum atomic E-state index is 12.3. The van der Waals surface area contributed by atoms with E-state index in [4.69, 9.17) is 5.11 Å². The zero-order valence-corrected chi connectivity index (χ0v) is 12.5. The second kappa shape index (κ2) is 6.83. The van der Waals surface area contributed by atoms with Crippen molar-refractivity contribution in [1.29, 1.82) is 0 Å². The van der Waals surface area contributed by atoms with Crippen molar-refractivity contribution in [2.75, 3.05) is 13.7 Å². The fourth-order valence-corrected chi connectivity index (χ4v) is 3.25. The molecule has 0 aliphatic carbocycles. The van der Waals surface area contributed by atoms with E-state index in [-0.39, 0.29) is 17.1 Å². The smallest absolute Gasteiger partial charge is 0.337 e. The van der Waals surface area contributed by atoms with Crippen LogP contribution >= 0.6 is 0 Å². The summed E-state index contributed by atoms with van der Waals surface area (Å²) < 4.78 is 31.5. The Morgan fingerprint density at radius 2 is 2.10 bits per heavy atom. The van der Waals surface area contributed by atoms with Gasteiger partial charge in [0.15, 0.2) is 0 Å². The van der Waals surface area contributed by atoms with Gasteiger partial charge in [-0.15, -0.1) is 0 Å². The van der Waals surface area contributed by atoms with Crippen molar-refractivity contribution in [3.05, 3.63) is 29.3 Å². The van der Waals surface area contributed by atoms with Crippen LogP contribution in [0.25, 0.3) is 0 Å². The minimum Gasteiger partial charge on any atom is -0.465 e. The van der Waals surface area contributed by atoms with Crippen LogP contribution in [0.2, 0.25) is 0 Å². The van der Waals surface area contributed by atoms with Crippen LogP contribution in [0.3, 0.4) is 0 Å². The maximum Gasteiger partial charge on any atom is 0.337 e. The molecule has 0 unspecified atom stereocenters. The number of ether oxygens (including phenoxy) is 1. The Kier molecular flexibility index (Phi) is 5.67. The molecule has 1 aromatic rings. The van der Waals surface area contributed by atoms with Gasteiger partial charge in [0.25, 0.3) is 0 Å². The van der Waals surface area contributed by atoms with Crippen molar-refractivity contribution in [3.63, 3.8) is 0 Å². The van der Waals surface area contributed by atoms with E-state index in [9.17, 15) is 13.2 Å². The molecule has 0 amide bonds. The molecule has 0 saturated carbocycles. The van der Waals surface area contributed by atoms with Gasteiger partial charge < -0.3 is 9.84 Å². The summed E-state index contributed by atoms with van der Waals surface area (Å²) in [4.78, 5) is 11.5. The summed E-state index contributed by atoms with van der Waals surface area (Å²) in [6.07, 6.45) is 0.464. The van der Waals surface area contributed by atoms with Gasteiger partial charge >= 0.3 is 5.97 Å². The molecule has 0 spiro atoms. The molecular weight excluding hydrogens is 282 g/mol. The molecule has 0 radical (unpaired) electrons. The van der Waals surface area contributed by atoms with Crippen LogP contribution in [-0.4, -0.2) is 39.3 Å². The van der Waals surface area contributed by atoms with Gasteiger partial charge in [0, 0.05) is 6.04 Å². The molecule has 1 rings (SSSR count). The average Bonchev–Trinajstić information content (AvgIpc) is 2.44. The number of esters is 1. The number of rotatable bonds is 6. The fourth-order valence-electron chi connectivity index (χ4n) is 1.67. The number of sulfonamides is 1. The number of carbonyl (C=O) groups is 1. The van der Waals surface area contributed by atoms with Gasteiger partial charge in [-0.2, -0.15) is 0 Å². The SMILES string of the molecule is CC[C@@H](CO)NS(=O)(=O)c1cc(C(=O)OC)ccc1C. The standard InChI is InChI=1S/C13H19NO5S/c1-4-11(8-15)14-20(17,18)12-7-10(13(16)19-3)6-5-9(12)2/h5-7,11,14-15H,4,8H2,1-3H3/t11-/m0/s1. The van der Waals surface area contributed by atoms with Gasteiger partial charge in [-0.1, -0.05) is 13.0 Å². The Bertz CT molecular complexity index is 578. The number of nitrogens with one attached hydrogen (secondary N) is 1. The number of aliphatic hydroxyl groups is 1. The first-order chi connectivity index (χ1) is 9.35. The monoisotopic (exact) mass is 301 g/mol. The van der Waals surface area contributed by atoms with Crippen molar-refractivity contribution in [2.24, 2.45) is 0 Å². The third kappa shape index (κ3) is 3.78. The van der Waals surface area contributed by atoms with Crippen LogP contribution in [0.4, 0.5) is 0 Å². The Labute approximate surface area is 118 Å². The largest absolute Gasteiger partial charge is 0.465 e. The molecule has 0 heterocycles. The molecule has 0 aromatic heterocycles. The number of hydrogen-bond acceptors (Lipinski definition) is 5. The molecule has 1 atom stereocenters. The molecule has 20 heavy (non-hydrogen) atoms. The van der Waals surface area contributed by atoms with Crippen molar-refractivity contribution >= 4 is 16.0 Å². The molecule has 112 valence electrons. The molecule has 1 aromatic carbocycles. The first kappa shape index (κ1) is 16.6. The Morgan fingerprint density at radius 3 is 2.60 bits per heavy atom. The van der Waals surface area contributed by atoms with Crippen molar-refractivity contribution in [1.82, 2.24) is 4.72 Å². The summed E-state index contributed by atoms with van der Waals surface area (Å²) in [5, 5.41) is 9.09. The number of hydrogen-bond donors (Lipinski definition) is 2. The predicted molar refractivity (Wildman–Crippen MR) is 74.0 cm³/mol. The molecule has 2 N–H and O–H groups in total. The first-order valence-electron chi connectivity index (χ1n) is 6.17. The van der Waals surface area contributed by atoms with E-state index in [0.29, 0.717) is 12.0 Å².